The highest BCUT2D eigenvalue weighted by Gasteiger charge is 2.29. The number of amides is 1. The van der Waals surface area contributed by atoms with Gasteiger partial charge in [-0.25, -0.2) is 4.98 Å². The molecule has 0 aliphatic carbocycles. The number of benzene rings is 2. The first kappa shape index (κ1) is 25.5. The second-order valence-corrected chi connectivity index (χ2v) is 10.5. The number of aromatic nitrogens is 2. The highest BCUT2D eigenvalue weighted by atomic mass is 16.5. The molecule has 2 aromatic carbocycles. The summed E-state index contributed by atoms with van der Waals surface area (Å²) in [6.45, 7) is 13.1. The minimum atomic E-state index is -0.381. The molecule has 0 saturated heterocycles. The van der Waals surface area contributed by atoms with Crippen molar-refractivity contribution < 1.29 is 9.53 Å². The predicted molar refractivity (Wildman–Crippen MR) is 138 cm³/mol. The molecule has 1 unspecified atom stereocenters. The van der Waals surface area contributed by atoms with E-state index < -0.39 is 0 Å². The normalized spacial score (nSPS) is 12.7. The Balaban J connectivity index is 2.19. The average Bonchev–Trinajstić information content (AvgIpc) is 2.77. The molecule has 0 N–H and O–H groups in total. The number of ether oxygens (including phenoxy) is 1. The van der Waals surface area contributed by atoms with Crippen LogP contribution in [0.15, 0.2) is 53.3 Å². The third-order valence-electron chi connectivity index (χ3n) is 5.92. The first-order chi connectivity index (χ1) is 16.0. The third kappa shape index (κ3) is 5.85. The molecule has 0 saturated carbocycles. The summed E-state index contributed by atoms with van der Waals surface area (Å²) in [6, 6.07) is 14.3. The van der Waals surface area contributed by atoms with Gasteiger partial charge in [-0.05, 0) is 61.1 Å². The van der Waals surface area contributed by atoms with Gasteiger partial charge in [0.2, 0.25) is 5.91 Å². The number of para-hydroxylation sites is 1. The summed E-state index contributed by atoms with van der Waals surface area (Å²) in [5.41, 5.74) is 1.04. The quantitative estimate of drug-likeness (QED) is 0.426. The lowest BCUT2D eigenvalue weighted by Crippen LogP contribution is -2.39. The van der Waals surface area contributed by atoms with Gasteiger partial charge < -0.3 is 9.64 Å². The molecular formula is C28H37N3O3. The molecule has 182 valence electrons. The van der Waals surface area contributed by atoms with E-state index in [1.807, 2.05) is 54.3 Å². The second kappa shape index (κ2) is 10.4. The van der Waals surface area contributed by atoms with Crippen molar-refractivity contribution in [1.29, 1.82) is 0 Å². The number of carbonyl (C=O) groups is 1. The summed E-state index contributed by atoms with van der Waals surface area (Å²) in [6.07, 6.45) is 1.30. The fourth-order valence-electron chi connectivity index (χ4n) is 4.04. The summed E-state index contributed by atoms with van der Waals surface area (Å²) in [7, 11) is 1.61. The van der Waals surface area contributed by atoms with E-state index >= 15 is 0 Å². The van der Waals surface area contributed by atoms with E-state index in [0.29, 0.717) is 47.0 Å². The van der Waals surface area contributed by atoms with Crippen molar-refractivity contribution in [3.05, 3.63) is 64.7 Å². The summed E-state index contributed by atoms with van der Waals surface area (Å²) in [5.74, 6) is 1.79. The van der Waals surface area contributed by atoms with Gasteiger partial charge in [0.05, 0.1) is 29.7 Å². The lowest BCUT2D eigenvalue weighted by atomic mass is 9.91. The van der Waals surface area contributed by atoms with Gasteiger partial charge in [-0.15, -0.1) is 0 Å². The molecule has 1 amide bonds. The topological polar surface area (TPSA) is 64.4 Å². The number of methoxy groups -OCH3 is 1. The molecular weight excluding hydrogens is 426 g/mol. The Morgan fingerprint density at radius 2 is 1.71 bits per heavy atom. The standard InChI is InChI=1S/C28H37N3O3/c1-19(2)16-17-30(25(32)18-28(4,5)6)20(3)26-29-24-11-9-8-10-23(24)27(33)31(26)21-12-14-22(34-7)15-13-21/h8-15,19-20H,16-18H2,1-7H3. The van der Waals surface area contributed by atoms with E-state index in [9.17, 15) is 9.59 Å². The fourth-order valence-corrected chi connectivity index (χ4v) is 4.04. The Bertz CT molecular complexity index is 1190. The van der Waals surface area contributed by atoms with Gasteiger partial charge in [0.1, 0.15) is 11.6 Å². The third-order valence-corrected chi connectivity index (χ3v) is 5.92. The maximum Gasteiger partial charge on any atom is 0.266 e. The molecule has 0 radical (unpaired) electrons. The monoisotopic (exact) mass is 463 g/mol. The van der Waals surface area contributed by atoms with Crippen LogP contribution < -0.4 is 10.3 Å². The Morgan fingerprint density at radius 3 is 2.29 bits per heavy atom. The molecule has 1 heterocycles. The number of fused-ring (bicyclic) bond motifs is 1. The smallest absolute Gasteiger partial charge is 0.266 e. The van der Waals surface area contributed by atoms with Crippen LogP contribution in [0.3, 0.4) is 0 Å². The van der Waals surface area contributed by atoms with Crippen molar-refractivity contribution in [2.45, 2.75) is 60.4 Å². The summed E-state index contributed by atoms with van der Waals surface area (Å²) < 4.78 is 6.94. The van der Waals surface area contributed by atoms with E-state index in [4.69, 9.17) is 9.72 Å². The molecule has 0 spiro atoms. The number of nitrogens with zero attached hydrogens (tertiary/aromatic N) is 3. The summed E-state index contributed by atoms with van der Waals surface area (Å²) >= 11 is 0. The van der Waals surface area contributed by atoms with Crippen molar-refractivity contribution >= 4 is 16.8 Å². The van der Waals surface area contributed by atoms with Crippen molar-refractivity contribution in [1.82, 2.24) is 14.5 Å². The van der Waals surface area contributed by atoms with Crippen LogP contribution in [0, 0.1) is 11.3 Å². The molecule has 0 fully saturated rings. The van der Waals surface area contributed by atoms with Crippen molar-refractivity contribution in [2.24, 2.45) is 11.3 Å². The Hall–Kier alpha value is -3.15. The van der Waals surface area contributed by atoms with Gasteiger partial charge in [0.15, 0.2) is 0 Å². The molecule has 1 aromatic heterocycles. The van der Waals surface area contributed by atoms with E-state index in [2.05, 4.69) is 34.6 Å². The Kier molecular flexibility index (Phi) is 7.80. The Morgan fingerprint density at radius 1 is 1.06 bits per heavy atom. The number of hydrogen-bond donors (Lipinski definition) is 0. The van der Waals surface area contributed by atoms with Gasteiger partial charge in [0.25, 0.3) is 5.56 Å². The van der Waals surface area contributed by atoms with Crippen LogP contribution in [0.4, 0.5) is 0 Å². The van der Waals surface area contributed by atoms with Gasteiger partial charge >= 0.3 is 0 Å². The van der Waals surface area contributed by atoms with E-state index in [1.54, 1.807) is 17.7 Å². The maximum atomic E-state index is 13.7. The molecule has 6 heteroatoms. The fraction of sp³-hybridized carbons (Fsp3) is 0.464. The van der Waals surface area contributed by atoms with Crippen molar-refractivity contribution in [3.63, 3.8) is 0 Å². The van der Waals surface area contributed by atoms with Gasteiger partial charge in [-0.2, -0.15) is 0 Å². The summed E-state index contributed by atoms with van der Waals surface area (Å²) in [4.78, 5) is 34.0. The van der Waals surface area contributed by atoms with Crippen molar-refractivity contribution in [2.75, 3.05) is 13.7 Å². The van der Waals surface area contributed by atoms with E-state index in [-0.39, 0.29) is 22.9 Å². The lowest BCUT2D eigenvalue weighted by Gasteiger charge is -2.33. The first-order valence-corrected chi connectivity index (χ1v) is 12.0. The average molecular weight is 464 g/mol. The molecule has 34 heavy (non-hydrogen) atoms. The van der Waals surface area contributed by atoms with Crippen LogP contribution in [-0.4, -0.2) is 34.0 Å². The highest BCUT2D eigenvalue weighted by molar-refractivity contribution is 5.79. The predicted octanol–water partition coefficient (Wildman–Crippen LogP) is 5.77. The zero-order valence-corrected chi connectivity index (χ0v) is 21.5. The molecule has 3 rings (SSSR count). The second-order valence-electron chi connectivity index (χ2n) is 10.5. The van der Waals surface area contributed by atoms with E-state index in [1.165, 1.54) is 0 Å². The van der Waals surface area contributed by atoms with Gasteiger partial charge in [0, 0.05) is 13.0 Å². The molecule has 6 nitrogen and oxygen atoms in total. The van der Waals surface area contributed by atoms with E-state index in [0.717, 1.165) is 6.42 Å². The Labute approximate surface area is 202 Å². The zero-order valence-electron chi connectivity index (χ0n) is 21.5. The van der Waals surface area contributed by atoms with Gasteiger partial charge in [-0.3, -0.25) is 14.2 Å². The number of carbonyl (C=O) groups excluding carboxylic acids is 1. The molecule has 0 aliphatic heterocycles. The van der Waals surface area contributed by atoms with Crippen LogP contribution >= 0.6 is 0 Å². The van der Waals surface area contributed by atoms with Crippen LogP contribution in [-0.2, 0) is 4.79 Å². The van der Waals surface area contributed by atoms with Crippen LogP contribution in [0.1, 0.15) is 66.3 Å². The zero-order chi connectivity index (χ0) is 25.0. The highest BCUT2D eigenvalue weighted by Crippen LogP contribution is 2.28. The van der Waals surface area contributed by atoms with Crippen LogP contribution in [0.2, 0.25) is 0 Å². The van der Waals surface area contributed by atoms with Crippen LogP contribution in [0.5, 0.6) is 5.75 Å². The molecule has 0 aliphatic rings. The summed E-state index contributed by atoms with van der Waals surface area (Å²) in [5, 5.41) is 0.545. The lowest BCUT2D eigenvalue weighted by molar-refractivity contribution is -0.135. The SMILES string of the molecule is COc1ccc(-n2c(C(C)N(CCC(C)C)C(=O)CC(C)(C)C)nc3ccccc3c2=O)cc1. The minimum absolute atomic E-state index is 0.0735. The molecule has 3 aromatic rings. The van der Waals surface area contributed by atoms with Crippen LogP contribution in [0.25, 0.3) is 16.6 Å². The minimum Gasteiger partial charge on any atom is -0.497 e. The maximum absolute atomic E-state index is 13.7. The van der Waals surface area contributed by atoms with Crippen molar-refractivity contribution in [3.8, 4) is 11.4 Å². The molecule has 0 bridgehead atoms. The largest absolute Gasteiger partial charge is 0.497 e. The van der Waals surface area contributed by atoms with Gasteiger partial charge in [-0.1, -0.05) is 46.8 Å². The molecule has 1 atom stereocenters. The number of hydrogen-bond acceptors (Lipinski definition) is 4. The first-order valence-electron chi connectivity index (χ1n) is 12.0. The number of rotatable bonds is 8.